The summed E-state index contributed by atoms with van der Waals surface area (Å²) in [6.45, 7) is 0.899. The Morgan fingerprint density at radius 1 is 1.33 bits per heavy atom. The smallest absolute Gasteiger partial charge is 0.320 e. The van der Waals surface area contributed by atoms with Gasteiger partial charge < -0.3 is 15.7 Å². The van der Waals surface area contributed by atoms with Crippen molar-refractivity contribution >= 4 is 16.2 Å². The Balaban J connectivity index is 4.53. The molecule has 0 radical (unpaired) electrons. The third kappa shape index (κ3) is 6.26. The second-order valence-electron chi connectivity index (χ2n) is 4.14. The Labute approximate surface area is 108 Å². The lowest BCUT2D eigenvalue weighted by atomic mass is 10.2. The van der Waals surface area contributed by atoms with Crippen molar-refractivity contribution < 1.29 is 18.3 Å². The SMILES string of the molecule is CNS(=O)(=O)N(CCC(N)C(=O)O)CCN(C)C. The average Bonchev–Trinajstić information content (AvgIpc) is 2.27. The minimum absolute atomic E-state index is 0.0731. The normalized spacial score (nSPS) is 14.1. The Kier molecular flexibility index (Phi) is 7.33. The molecule has 8 nitrogen and oxygen atoms in total. The highest BCUT2D eigenvalue weighted by Gasteiger charge is 2.22. The molecule has 0 spiro atoms. The molecular formula is C9H22N4O4S. The molecule has 0 bridgehead atoms. The molecule has 1 unspecified atom stereocenters. The van der Waals surface area contributed by atoms with E-state index in [1.165, 1.54) is 11.4 Å². The lowest BCUT2D eigenvalue weighted by Gasteiger charge is -2.23. The third-order valence-electron chi connectivity index (χ3n) is 2.40. The summed E-state index contributed by atoms with van der Waals surface area (Å²) in [6, 6.07) is -1.06. The largest absolute Gasteiger partial charge is 0.480 e. The first-order valence-electron chi connectivity index (χ1n) is 5.52. The van der Waals surface area contributed by atoms with Gasteiger partial charge in [0.15, 0.2) is 0 Å². The number of likely N-dealkylation sites (N-methyl/N-ethyl adjacent to an activating group) is 1. The quantitative estimate of drug-likeness (QED) is 0.455. The second-order valence-corrected chi connectivity index (χ2v) is 6.02. The molecule has 0 amide bonds. The van der Waals surface area contributed by atoms with Gasteiger partial charge in [-0.15, -0.1) is 0 Å². The summed E-state index contributed by atoms with van der Waals surface area (Å²) in [5.41, 5.74) is 5.35. The number of hydrogen-bond acceptors (Lipinski definition) is 5. The third-order valence-corrected chi connectivity index (χ3v) is 3.96. The minimum Gasteiger partial charge on any atom is -0.480 e. The van der Waals surface area contributed by atoms with Crippen molar-refractivity contribution in [3.8, 4) is 0 Å². The Morgan fingerprint density at radius 3 is 2.28 bits per heavy atom. The zero-order chi connectivity index (χ0) is 14.3. The zero-order valence-corrected chi connectivity index (χ0v) is 11.8. The van der Waals surface area contributed by atoms with Crippen LogP contribution >= 0.6 is 0 Å². The molecule has 0 aliphatic carbocycles. The predicted molar refractivity (Wildman–Crippen MR) is 68.3 cm³/mol. The minimum atomic E-state index is -3.57. The topological polar surface area (TPSA) is 116 Å². The summed E-state index contributed by atoms with van der Waals surface area (Å²) in [4.78, 5) is 12.4. The number of carboxylic acid groups (broad SMARTS) is 1. The molecule has 18 heavy (non-hydrogen) atoms. The zero-order valence-electron chi connectivity index (χ0n) is 11.0. The van der Waals surface area contributed by atoms with E-state index in [-0.39, 0.29) is 19.5 Å². The van der Waals surface area contributed by atoms with Crippen LogP contribution in [0.1, 0.15) is 6.42 Å². The number of carbonyl (C=O) groups is 1. The fraction of sp³-hybridized carbons (Fsp3) is 0.889. The van der Waals surface area contributed by atoms with Crippen molar-refractivity contribution in [3.63, 3.8) is 0 Å². The maximum absolute atomic E-state index is 11.7. The van der Waals surface area contributed by atoms with Crippen LogP contribution in [0.2, 0.25) is 0 Å². The van der Waals surface area contributed by atoms with Gasteiger partial charge in [0.2, 0.25) is 0 Å². The lowest BCUT2D eigenvalue weighted by Crippen LogP contribution is -2.45. The molecule has 0 aromatic heterocycles. The van der Waals surface area contributed by atoms with Crippen molar-refractivity contribution in [2.75, 3.05) is 40.8 Å². The van der Waals surface area contributed by atoms with Crippen LogP contribution in [0.5, 0.6) is 0 Å². The second kappa shape index (κ2) is 7.64. The van der Waals surface area contributed by atoms with Gasteiger partial charge in [-0.05, 0) is 20.5 Å². The Hall–Kier alpha value is -0.740. The molecule has 1 atom stereocenters. The summed E-state index contributed by atoms with van der Waals surface area (Å²) in [5.74, 6) is -1.13. The Morgan fingerprint density at radius 2 is 1.89 bits per heavy atom. The van der Waals surface area contributed by atoms with E-state index in [9.17, 15) is 13.2 Å². The van der Waals surface area contributed by atoms with Gasteiger partial charge in [0, 0.05) is 26.7 Å². The average molecular weight is 282 g/mol. The standard InChI is InChI=1S/C9H22N4O4S/c1-11-18(16,17)13(7-6-12(2)3)5-4-8(10)9(14)15/h8,11H,4-7,10H2,1-3H3,(H,14,15). The number of carboxylic acids is 1. The van der Waals surface area contributed by atoms with E-state index in [1.54, 1.807) is 0 Å². The number of nitrogens with two attached hydrogens (primary N) is 1. The van der Waals surface area contributed by atoms with Gasteiger partial charge in [-0.1, -0.05) is 0 Å². The number of hydrogen-bond donors (Lipinski definition) is 3. The van der Waals surface area contributed by atoms with Crippen LogP contribution < -0.4 is 10.5 Å². The maximum atomic E-state index is 11.7. The molecule has 0 rings (SSSR count). The van der Waals surface area contributed by atoms with Crippen molar-refractivity contribution in [2.45, 2.75) is 12.5 Å². The summed E-state index contributed by atoms with van der Waals surface area (Å²) in [6.07, 6.45) is 0.0731. The molecule has 9 heteroatoms. The first-order valence-corrected chi connectivity index (χ1v) is 6.96. The highest BCUT2D eigenvalue weighted by molar-refractivity contribution is 7.87. The van der Waals surface area contributed by atoms with E-state index in [0.29, 0.717) is 6.54 Å². The van der Waals surface area contributed by atoms with Crippen molar-refractivity contribution in [1.29, 1.82) is 0 Å². The van der Waals surface area contributed by atoms with Crippen LogP contribution in [0.15, 0.2) is 0 Å². The van der Waals surface area contributed by atoms with Crippen LogP contribution in [0.4, 0.5) is 0 Å². The number of rotatable bonds is 9. The molecule has 0 aliphatic heterocycles. The number of nitrogens with zero attached hydrogens (tertiary/aromatic N) is 2. The van der Waals surface area contributed by atoms with E-state index >= 15 is 0 Å². The van der Waals surface area contributed by atoms with Gasteiger partial charge in [0.1, 0.15) is 6.04 Å². The molecule has 0 saturated heterocycles. The van der Waals surface area contributed by atoms with Crippen molar-refractivity contribution in [1.82, 2.24) is 13.9 Å². The number of aliphatic carboxylic acids is 1. The van der Waals surface area contributed by atoms with E-state index in [0.717, 1.165) is 0 Å². The maximum Gasteiger partial charge on any atom is 0.320 e. The van der Waals surface area contributed by atoms with E-state index in [1.807, 2.05) is 19.0 Å². The summed E-state index contributed by atoms with van der Waals surface area (Å²) in [7, 11) is 1.40. The Bertz CT molecular complexity index is 358. The van der Waals surface area contributed by atoms with Gasteiger partial charge in [-0.3, -0.25) is 4.79 Å². The molecular weight excluding hydrogens is 260 g/mol. The molecule has 108 valence electrons. The van der Waals surface area contributed by atoms with Crippen LogP contribution in [-0.4, -0.2) is 75.5 Å². The van der Waals surface area contributed by atoms with Gasteiger partial charge in [-0.2, -0.15) is 12.7 Å². The monoisotopic (exact) mass is 282 g/mol. The molecule has 0 aromatic rings. The highest BCUT2D eigenvalue weighted by Crippen LogP contribution is 2.01. The molecule has 0 saturated carbocycles. The van der Waals surface area contributed by atoms with Crippen LogP contribution in [0.3, 0.4) is 0 Å². The van der Waals surface area contributed by atoms with Crippen LogP contribution in [0, 0.1) is 0 Å². The van der Waals surface area contributed by atoms with Gasteiger partial charge in [0.25, 0.3) is 10.2 Å². The molecule has 0 aromatic carbocycles. The summed E-state index contributed by atoms with van der Waals surface area (Å²) in [5, 5.41) is 8.66. The van der Waals surface area contributed by atoms with E-state index in [2.05, 4.69) is 4.72 Å². The van der Waals surface area contributed by atoms with E-state index < -0.39 is 22.2 Å². The summed E-state index contributed by atoms with van der Waals surface area (Å²) < 4.78 is 26.8. The summed E-state index contributed by atoms with van der Waals surface area (Å²) >= 11 is 0. The van der Waals surface area contributed by atoms with Crippen molar-refractivity contribution in [3.05, 3.63) is 0 Å². The molecule has 4 N–H and O–H groups in total. The van der Waals surface area contributed by atoms with Gasteiger partial charge in [0.05, 0.1) is 0 Å². The first-order chi connectivity index (χ1) is 8.20. The van der Waals surface area contributed by atoms with Crippen LogP contribution in [0.25, 0.3) is 0 Å². The van der Waals surface area contributed by atoms with Gasteiger partial charge in [-0.25, -0.2) is 4.72 Å². The number of nitrogens with one attached hydrogen (secondary N) is 1. The van der Waals surface area contributed by atoms with E-state index in [4.69, 9.17) is 10.8 Å². The highest BCUT2D eigenvalue weighted by atomic mass is 32.2. The fourth-order valence-corrected chi connectivity index (χ4v) is 2.13. The first kappa shape index (κ1) is 17.3. The predicted octanol–water partition coefficient (Wildman–Crippen LogP) is -1.88. The lowest BCUT2D eigenvalue weighted by molar-refractivity contribution is -0.138. The molecule has 0 fully saturated rings. The van der Waals surface area contributed by atoms with Crippen LogP contribution in [-0.2, 0) is 15.0 Å². The molecule has 0 aliphatic rings. The fourth-order valence-electron chi connectivity index (χ4n) is 1.20. The molecule has 0 heterocycles. The van der Waals surface area contributed by atoms with Crippen molar-refractivity contribution in [2.24, 2.45) is 5.73 Å². The van der Waals surface area contributed by atoms with Gasteiger partial charge >= 0.3 is 5.97 Å².